The molecule has 0 aliphatic carbocycles. The van der Waals surface area contributed by atoms with Crippen LogP contribution in [0.25, 0.3) is 0 Å². The largest absolute Gasteiger partial charge is 0.569 e. The van der Waals surface area contributed by atoms with E-state index in [2.05, 4.69) is 19.6 Å². The molecule has 0 amide bonds. The second-order valence-corrected chi connectivity index (χ2v) is 3.12. The summed E-state index contributed by atoms with van der Waals surface area (Å²) in [6.07, 6.45) is -0.855. The summed E-state index contributed by atoms with van der Waals surface area (Å²) < 4.78 is 9.13. The average molecular weight is 233 g/mol. The summed E-state index contributed by atoms with van der Waals surface area (Å²) in [6, 6.07) is 0. The zero-order chi connectivity index (χ0) is 12.0. The first kappa shape index (κ1) is 12.3. The SMILES string of the molecule is CCOC(=O)OC(C)ON=[N+]([O-])N1CCC1. The molecule has 0 saturated carbocycles. The third-order valence-corrected chi connectivity index (χ3v) is 1.86. The van der Waals surface area contributed by atoms with Crippen LogP contribution in [0.3, 0.4) is 0 Å². The number of hydrogen-bond acceptors (Lipinski definition) is 6. The first-order chi connectivity index (χ1) is 7.63. The van der Waals surface area contributed by atoms with Crippen LogP contribution in [0.1, 0.15) is 20.3 Å². The predicted molar refractivity (Wildman–Crippen MR) is 50.9 cm³/mol. The van der Waals surface area contributed by atoms with Gasteiger partial charge in [-0.2, -0.15) is 0 Å². The Morgan fingerprint density at radius 2 is 2.31 bits per heavy atom. The molecule has 1 fully saturated rings. The zero-order valence-electron chi connectivity index (χ0n) is 9.29. The lowest BCUT2D eigenvalue weighted by Crippen LogP contribution is -2.42. The predicted octanol–water partition coefficient (Wildman–Crippen LogP) is 1.02. The molecule has 0 N–H and O–H groups in total. The van der Waals surface area contributed by atoms with Gasteiger partial charge in [0.2, 0.25) is 5.28 Å². The van der Waals surface area contributed by atoms with Crippen LogP contribution >= 0.6 is 0 Å². The maximum Gasteiger partial charge on any atom is 0.511 e. The smallest absolute Gasteiger partial charge is 0.511 e. The van der Waals surface area contributed by atoms with Crippen LogP contribution < -0.4 is 0 Å². The van der Waals surface area contributed by atoms with Gasteiger partial charge in [-0.25, -0.2) is 4.79 Å². The molecule has 1 unspecified atom stereocenters. The van der Waals surface area contributed by atoms with Gasteiger partial charge in [-0.1, -0.05) is 0 Å². The van der Waals surface area contributed by atoms with E-state index in [0.29, 0.717) is 18.1 Å². The molecule has 1 heterocycles. The molecule has 0 radical (unpaired) electrons. The van der Waals surface area contributed by atoms with Gasteiger partial charge in [0.15, 0.2) is 0 Å². The van der Waals surface area contributed by atoms with E-state index in [4.69, 9.17) is 0 Å². The lowest BCUT2D eigenvalue weighted by Gasteiger charge is -2.25. The first-order valence-corrected chi connectivity index (χ1v) is 5.05. The summed E-state index contributed by atoms with van der Waals surface area (Å²) in [4.78, 5) is 15.8. The molecule has 1 aliphatic rings. The standard InChI is InChI=1S/C8H15N3O5/c1-3-14-8(12)15-7(2)16-9-11(13)10-5-4-6-10/h7H,3-6H2,1-2H3. The molecule has 0 spiro atoms. The minimum atomic E-state index is -0.961. The fourth-order valence-corrected chi connectivity index (χ4v) is 0.938. The zero-order valence-corrected chi connectivity index (χ0v) is 9.29. The van der Waals surface area contributed by atoms with Gasteiger partial charge >= 0.3 is 6.16 Å². The third-order valence-electron chi connectivity index (χ3n) is 1.86. The van der Waals surface area contributed by atoms with E-state index in [1.54, 1.807) is 6.92 Å². The molecule has 8 heteroatoms. The fourth-order valence-electron chi connectivity index (χ4n) is 0.938. The number of nitrogens with zero attached hydrogens (tertiary/aromatic N) is 3. The normalized spacial score (nSPS) is 17.4. The highest BCUT2D eigenvalue weighted by Gasteiger charge is 2.22. The molecule has 1 saturated heterocycles. The number of hydrogen-bond donors (Lipinski definition) is 0. The molecule has 0 bridgehead atoms. The third kappa shape index (κ3) is 3.79. The molecule has 0 aromatic rings. The van der Waals surface area contributed by atoms with Crippen LogP contribution in [0.2, 0.25) is 0 Å². The van der Waals surface area contributed by atoms with Crippen LogP contribution in [-0.2, 0) is 14.3 Å². The molecule has 0 aromatic heterocycles. The Kier molecular flexibility index (Phi) is 4.62. The summed E-state index contributed by atoms with van der Waals surface area (Å²) in [5, 5.41) is 15.8. The van der Waals surface area contributed by atoms with Crippen molar-refractivity contribution in [3.63, 3.8) is 0 Å². The van der Waals surface area contributed by atoms with Crippen molar-refractivity contribution in [3.8, 4) is 0 Å². The van der Waals surface area contributed by atoms with Crippen molar-refractivity contribution in [1.82, 2.24) is 5.01 Å². The van der Waals surface area contributed by atoms with Crippen LogP contribution in [0.4, 0.5) is 4.79 Å². The highest BCUT2D eigenvalue weighted by Crippen LogP contribution is 2.06. The minimum absolute atomic E-state index is 0.212. The quantitative estimate of drug-likeness (QED) is 0.232. The van der Waals surface area contributed by atoms with E-state index in [-0.39, 0.29) is 6.61 Å². The van der Waals surface area contributed by atoms with Crippen LogP contribution in [0.5, 0.6) is 0 Å². The van der Waals surface area contributed by atoms with Gasteiger partial charge in [-0.15, -0.1) is 5.01 Å². The maximum absolute atomic E-state index is 11.1. The molecule has 1 rings (SSSR count). The van der Waals surface area contributed by atoms with Crippen LogP contribution in [0.15, 0.2) is 5.28 Å². The highest BCUT2D eigenvalue weighted by molar-refractivity contribution is 5.59. The number of ether oxygens (including phenoxy) is 2. The van der Waals surface area contributed by atoms with E-state index >= 15 is 0 Å². The summed E-state index contributed by atoms with van der Waals surface area (Å²) in [7, 11) is 0. The van der Waals surface area contributed by atoms with Gasteiger partial charge in [0, 0.05) is 6.92 Å². The molecule has 16 heavy (non-hydrogen) atoms. The Labute approximate surface area is 92.9 Å². The highest BCUT2D eigenvalue weighted by atomic mass is 16.8. The summed E-state index contributed by atoms with van der Waals surface area (Å²) in [6.45, 7) is 4.61. The van der Waals surface area contributed by atoms with Gasteiger partial charge in [-0.05, 0) is 13.3 Å². The molecule has 1 aliphatic heterocycles. The van der Waals surface area contributed by atoms with Crippen molar-refractivity contribution in [2.45, 2.75) is 26.6 Å². The summed E-state index contributed by atoms with van der Waals surface area (Å²) >= 11 is 0. The number of rotatable bonds is 5. The summed E-state index contributed by atoms with van der Waals surface area (Å²) in [5.41, 5.74) is 0. The van der Waals surface area contributed by atoms with Crippen LogP contribution in [0, 0.1) is 5.21 Å². The lowest BCUT2D eigenvalue weighted by atomic mass is 10.3. The maximum atomic E-state index is 11.1. The van der Waals surface area contributed by atoms with Gasteiger partial charge in [0.25, 0.3) is 6.29 Å². The van der Waals surface area contributed by atoms with E-state index < -0.39 is 12.4 Å². The van der Waals surface area contributed by atoms with Gasteiger partial charge in [0.05, 0.1) is 24.7 Å². The van der Waals surface area contributed by atoms with Crippen molar-refractivity contribution >= 4 is 6.16 Å². The number of carbonyl (C=O) groups excluding carboxylic acids is 1. The Morgan fingerprint density at radius 3 is 2.81 bits per heavy atom. The Bertz CT molecular complexity index is 266. The van der Waals surface area contributed by atoms with E-state index in [1.165, 1.54) is 11.9 Å². The van der Waals surface area contributed by atoms with Crippen molar-refractivity contribution < 1.29 is 24.1 Å². The fraction of sp³-hybridized carbons (Fsp3) is 0.875. The second-order valence-electron chi connectivity index (χ2n) is 3.12. The van der Waals surface area contributed by atoms with Crippen molar-refractivity contribution in [2.24, 2.45) is 5.28 Å². The topological polar surface area (TPSA) is 86.4 Å². The molecule has 0 aromatic carbocycles. The molecule has 92 valence electrons. The molecule has 1 atom stereocenters. The van der Waals surface area contributed by atoms with Crippen LogP contribution in [-0.4, -0.2) is 42.1 Å². The number of carbonyl (C=O) groups is 1. The summed E-state index contributed by atoms with van der Waals surface area (Å²) in [5.74, 6) is 0. The molecular weight excluding hydrogens is 218 g/mol. The Balaban J connectivity index is 2.22. The van der Waals surface area contributed by atoms with E-state index in [1.807, 2.05) is 0 Å². The number of hydrazine groups is 1. The second kappa shape index (κ2) is 5.99. The van der Waals surface area contributed by atoms with Gasteiger partial charge in [-0.3, -0.25) is 4.84 Å². The Hall–Kier alpha value is -1.73. The van der Waals surface area contributed by atoms with Crippen molar-refractivity contribution in [3.05, 3.63) is 5.21 Å². The molecular formula is C8H15N3O5. The van der Waals surface area contributed by atoms with Crippen molar-refractivity contribution in [1.29, 1.82) is 0 Å². The molecule has 8 nitrogen and oxygen atoms in total. The van der Waals surface area contributed by atoms with E-state index in [0.717, 1.165) is 6.42 Å². The van der Waals surface area contributed by atoms with Gasteiger partial charge in [0.1, 0.15) is 0 Å². The van der Waals surface area contributed by atoms with Crippen molar-refractivity contribution in [2.75, 3.05) is 19.7 Å². The monoisotopic (exact) mass is 233 g/mol. The minimum Gasteiger partial charge on any atom is -0.569 e. The van der Waals surface area contributed by atoms with Gasteiger partial charge < -0.3 is 14.7 Å². The first-order valence-electron chi connectivity index (χ1n) is 5.05. The average Bonchev–Trinajstić information content (AvgIpc) is 2.12. The Morgan fingerprint density at radius 1 is 1.62 bits per heavy atom. The lowest BCUT2D eigenvalue weighted by molar-refractivity contribution is -0.724. The van der Waals surface area contributed by atoms with E-state index in [9.17, 15) is 10.0 Å².